The van der Waals surface area contributed by atoms with Crippen molar-refractivity contribution < 1.29 is 13.2 Å². The van der Waals surface area contributed by atoms with Crippen LogP contribution >= 0.6 is 0 Å². The molecule has 11 heteroatoms. The van der Waals surface area contributed by atoms with Crippen LogP contribution in [0.5, 0.6) is 0 Å². The van der Waals surface area contributed by atoms with Crippen LogP contribution in [0, 0.1) is 11.6 Å². The van der Waals surface area contributed by atoms with E-state index in [0.29, 0.717) is 42.0 Å². The number of furan rings is 1. The van der Waals surface area contributed by atoms with Crippen LogP contribution in [0.4, 0.5) is 20.7 Å². The van der Waals surface area contributed by atoms with E-state index >= 15 is 0 Å². The highest BCUT2D eigenvalue weighted by Gasteiger charge is 2.26. The fourth-order valence-electron chi connectivity index (χ4n) is 3.82. The summed E-state index contributed by atoms with van der Waals surface area (Å²) >= 11 is 0. The monoisotopic (exact) mass is 426 g/mol. The number of nitrogens with zero attached hydrogens (tertiary/aromatic N) is 6. The lowest BCUT2D eigenvalue weighted by molar-refractivity contribution is 0.250. The van der Waals surface area contributed by atoms with Crippen LogP contribution < -0.4 is 11.1 Å². The number of halogens is 2. The molecule has 4 aromatic rings. The van der Waals surface area contributed by atoms with Gasteiger partial charge in [-0.2, -0.15) is 19.5 Å². The molecule has 1 saturated heterocycles. The third kappa shape index (κ3) is 3.91. The minimum Gasteiger partial charge on any atom is -0.461 e. The average Bonchev–Trinajstić information content (AvgIpc) is 3.49. The van der Waals surface area contributed by atoms with Crippen LogP contribution in [0.3, 0.4) is 0 Å². The lowest BCUT2D eigenvalue weighted by Gasteiger charge is -2.25. The van der Waals surface area contributed by atoms with E-state index in [-0.39, 0.29) is 12.0 Å². The second-order valence-corrected chi connectivity index (χ2v) is 7.41. The van der Waals surface area contributed by atoms with Crippen LogP contribution in [0.25, 0.3) is 17.4 Å². The fraction of sp³-hybridized carbons (Fsp3) is 0.300. The van der Waals surface area contributed by atoms with Crippen molar-refractivity contribution in [2.45, 2.75) is 25.4 Å². The summed E-state index contributed by atoms with van der Waals surface area (Å²) in [6.07, 6.45) is 3.43. The molecule has 1 unspecified atom stereocenters. The summed E-state index contributed by atoms with van der Waals surface area (Å²) in [4.78, 5) is 15.1. The number of nitrogen functional groups attached to an aromatic ring is 1. The van der Waals surface area contributed by atoms with E-state index in [0.717, 1.165) is 31.5 Å². The average molecular weight is 426 g/mol. The summed E-state index contributed by atoms with van der Waals surface area (Å²) in [7, 11) is 0. The second kappa shape index (κ2) is 7.91. The van der Waals surface area contributed by atoms with Gasteiger partial charge in [-0.15, -0.1) is 5.10 Å². The molecule has 1 atom stereocenters. The molecule has 0 bridgehead atoms. The Balaban J connectivity index is 1.30. The Bertz CT molecular complexity index is 1210. The van der Waals surface area contributed by atoms with Crippen LogP contribution in [-0.4, -0.2) is 48.6 Å². The van der Waals surface area contributed by atoms with Gasteiger partial charge in [0.2, 0.25) is 17.7 Å². The molecule has 31 heavy (non-hydrogen) atoms. The van der Waals surface area contributed by atoms with Gasteiger partial charge in [-0.25, -0.2) is 8.78 Å². The molecular formula is C20H20F2N8O. The van der Waals surface area contributed by atoms with E-state index in [1.807, 2.05) is 0 Å². The summed E-state index contributed by atoms with van der Waals surface area (Å²) in [5, 5.41) is 7.46. The van der Waals surface area contributed by atoms with Gasteiger partial charge in [0.25, 0.3) is 5.78 Å². The zero-order valence-electron chi connectivity index (χ0n) is 16.5. The Morgan fingerprint density at radius 2 is 2.10 bits per heavy atom. The zero-order valence-corrected chi connectivity index (χ0v) is 16.5. The van der Waals surface area contributed by atoms with Crippen LogP contribution in [0.2, 0.25) is 0 Å². The van der Waals surface area contributed by atoms with E-state index < -0.39 is 11.6 Å². The summed E-state index contributed by atoms with van der Waals surface area (Å²) in [5.74, 6) is 0.792. The molecule has 1 fully saturated rings. The second-order valence-electron chi connectivity index (χ2n) is 7.41. The molecular weight excluding hydrogens is 406 g/mol. The Hall–Kier alpha value is -3.60. The molecule has 160 valence electrons. The maximum atomic E-state index is 14.0. The molecule has 0 aliphatic carbocycles. The number of nitrogens with two attached hydrogens (primary N) is 1. The van der Waals surface area contributed by atoms with Gasteiger partial charge in [0.15, 0.2) is 5.76 Å². The van der Waals surface area contributed by atoms with Gasteiger partial charge in [0, 0.05) is 24.7 Å². The standard InChI is InChI=1S/C20H20F2N8O/c21-13-5-6-15(22)12(9-13)11-29-7-1-3-14(29)10-24-19-26-18(23)30-20(27-19)25-17(28-30)16-4-2-8-31-16/h2,4-6,8-9,14H,1,3,7,10-11H2,(H3,23,24,25,26,27,28). The maximum Gasteiger partial charge on any atom is 0.259 e. The van der Waals surface area contributed by atoms with Crippen molar-refractivity contribution in [1.82, 2.24) is 29.5 Å². The minimum atomic E-state index is -0.440. The first-order valence-electron chi connectivity index (χ1n) is 9.93. The van der Waals surface area contributed by atoms with Crippen LogP contribution in [0.1, 0.15) is 18.4 Å². The first-order chi connectivity index (χ1) is 15.1. The molecule has 4 heterocycles. The fourth-order valence-corrected chi connectivity index (χ4v) is 3.82. The Kier molecular flexibility index (Phi) is 4.94. The highest BCUT2D eigenvalue weighted by molar-refractivity contribution is 5.52. The van der Waals surface area contributed by atoms with Gasteiger partial charge in [0.1, 0.15) is 11.6 Å². The van der Waals surface area contributed by atoms with Gasteiger partial charge < -0.3 is 15.5 Å². The van der Waals surface area contributed by atoms with Crippen molar-refractivity contribution in [2.75, 3.05) is 24.1 Å². The first kappa shape index (κ1) is 19.4. The van der Waals surface area contributed by atoms with Crippen molar-refractivity contribution >= 4 is 17.7 Å². The first-order valence-corrected chi connectivity index (χ1v) is 9.93. The maximum absolute atomic E-state index is 14.0. The molecule has 9 nitrogen and oxygen atoms in total. The number of aromatic nitrogens is 5. The molecule has 0 saturated carbocycles. The predicted molar refractivity (Wildman–Crippen MR) is 109 cm³/mol. The summed E-state index contributed by atoms with van der Waals surface area (Å²) in [6, 6.07) is 7.15. The van der Waals surface area contributed by atoms with Crippen molar-refractivity contribution in [1.29, 1.82) is 0 Å². The Morgan fingerprint density at radius 3 is 2.94 bits per heavy atom. The SMILES string of the molecule is Nc1nc(NCC2CCCN2Cc2cc(F)ccc2F)nc2nc(-c3ccco3)nn12. The normalized spacial score (nSPS) is 16.9. The number of likely N-dealkylation sites (tertiary alicyclic amines) is 1. The molecule has 0 amide bonds. The number of hydrogen-bond donors (Lipinski definition) is 2. The van der Waals surface area contributed by atoms with Gasteiger partial charge >= 0.3 is 0 Å². The topological polar surface area (TPSA) is 110 Å². The molecule has 3 N–H and O–H groups in total. The number of fused-ring (bicyclic) bond motifs is 1. The highest BCUT2D eigenvalue weighted by atomic mass is 19.1. The van der Waals surface area contributed by atoms with E-state index in [1.165, 1.54) is 16.8 Å². The largest absolute Gasteiger partial charge is 0.461 e. The predicted octanol–water partition coefficient (Wildman–Crippen LogP) is 2.72. The van der Waals surface area contributed by atoms with Crippen molar-refractivity contribution in [2.24, 2.45) is 0 Å². The molecule has 0 spiro atoms. The van der Waals surface area contributed by atoms with E-state index in [2.05, 4.69) is 30.3 Å². The minimum absolute atomic E-state index is 0.125. The summed E-state index contributed by atoms with van der Waals surface area (Å²) < 4.78 is 34.2. The summed E-state index contributed by atoms with van der Waals surface area (Å²) in [5.41, 5.74) is 6.37. The third-order valence-electron chi connectivity index (χ3n) is 5.35. The number of anilines is 2. The third-order valence-corrected chi connectivity index (χ3v) is 5.35. The quantitative estimate of drug-likeness (QED) is 0.484. The van der Waals surface area contributed by atoms with Crippen molar-refractivity contribution in [3.63, 3.8) is 0 Å². The Labute approximate surface area is 175 Å². The van der Waals surface area contributed by atoms with Crippen LogP contribution in [-0.2, 0) is 6.54 Å². The smallest absolute Gasteiger partial charge is 0.259 e. The van der Waals surface area contributed by atoms with Gasteiger partial charge in [-0.1, -0.05) is 0 Å². The van der Waals surface area contributed by atoms with Gasteiger partial charge in [0.05, 0.1) is 6.26 Å². The molecule has 0 radical (unpaired) electrons. The molecule has 1 aliphatic heterocycles. The highest BCUT2D eigenvalue weighted by Crippen LogP contribution is 2.23. The molecule has 5 rings (SSSR count). The molecule has 1 aliphatic rings. The number of nitrogens with one attached hydrogen (secondary N) is 1. The zero-order chi connectivity index (χ0) is 21.4. The van der Waals surface area contributed by atoms with Crippen molar-refractivity contribution in [3.05, 3.63) is 53.8 Å². The lowest BCUT2D eigenvalue weighted by Crippen LogP contribution is -2.35. The number of rotatable bonds is 6. The number of hydrogen-bond acceptors (Lipinski definition) is 8. The van der Waals surface area contributed by atoms with Crippen LogP contribution in [0.15, 0.2) is 41.0 Å². The molecule has 3 aromatic heterocycles. The van der Waals surface area contributed by atoms with Gasteiger partial charge in [-0.3, -0.25) is 4.90 Å². The van der Waals surface area contributed by atoms with E-state index in [9.17, 15) is 8.78 Å². The van der Waals surface area contributed by atoms with E-state index in [4.69, 9.17) is 10.2 Å². The summed E-state index contributed by atoms with van der Waals surface area (Å²) in [6.45, 7) is 1.68. The van der Waals surface area contributed by atoms with Crippen molar-refractivity contribution in [3.8, 4) is 11.6 Å². The van der Waals surface area contributed by atoms with Gasteiger partial charge in [-0.05, 0) is 49.7 Å². The van der Waals surface area contributed by atoms with E-state index in [1.54, 1.807) is 12.1 Å². The Morgan fingerprint density at radius 1 is 1.19 bits per heavy atom. The number of benzene rings is 1. The molecule has 1 aromatic carbocycles. The lowest BCUT2D eigenvalue weighted by atomic mass is 10.1.